The van der Waals surface area contributed by atoms with Gasteiger partial charge in [0.05, 0.1) is 37.4 Å². The highest BCUT2D eigenvalue weighted by atomic mass is 16.6. The van der Waals surface area contributed by atoms with Crippen LogP contribution >= 0.6 is 0 Å². The summed E-state index contributed by atoms with van der Waals surface area (Å²) in [5, 5.41) is 3.15. The van der Waals surface area contributed by atoms with Crippen LogP contribution in [0.2, 0.25) is 0 Å². The van der Waals surface area contributed by atoms with E-state index in [1.165, 1.54) is 6.33 Å². The van der Waals surface area contributed by atoms with Crippen LogP contribution in [0.5, 0.6) is 17.4 Å². The fraction of sp³-hybridized carbons (Fsp3) is 0.400. The fourth-order valence-corrected chi connectivity index (χ4v) is 3.56. The number of nitrogens with one attached hydrogen (secondary N) is 2. The molecular formula is C20H22N6O5. The molecule has 0 spiro atoms. The van der Waals surface area contributed by atoms with Gasteiger partial charge in [0.25, 0.3) is 5.91 Å². The van der Waals surface area contributed by atoms with Gasteiger partial charge in [0.2, 0.25) is 11.8 Å². The van der Waals surface area contributed by atoms with Gasteiger partial charge in [-0.3, -0.25) is 4.79 Å². The van der Waals surface area contributed by atoms with Crippen LogP contribution < -0.4 is 19.5 Å². The number of fused-ring (bicyclic) bond motifs is 2. The highest BCUT2D eigenvalue weighted by Gasteiger charge is 2.28. The Balaban J connectivity index is 1.49. The molecule has 31 heavy (non-hydrogen) atoms. The van der Waals surface area contributed by atoms with E-state index in [0.29, 0.717) is 91.9 Å². The minimum atomic E-state index is -0.107. The molecule has 2 aliphatic rings. The summed E-state index contributed by atoms with van der Waals surface area (Å²) in [5.41, 5.74) is 2.15. The van der Waals surface area contributed by atoms with E-state index in [9.17, 15) is 4.79 Å². The summed E-state index contributed by atoms with van der Waals surface area (Å²) in [7, 11) is 0. The molecule has 2 aliphatic heterocycles. The second-order valence-corrected chi connectivity index (χ2v) is 6.93. The molecule has 0 radical (unpaired) electrons. The van der Waals surface area contributed by atoms with E-state index in [-0.39, 0.29) is 5.91 Å². The van der Waals surface area contributed by atoms with Crippen molar-refractivity contribution < 1.29 is 23.7 Å². The van der Waals surface area contributed by atoms with E-state index in [1.54, 1.807) is 17.0 Å². The minimum Gasteiger partial charge on any atom is -0.485 e. The van der Waals surface area contributed by atoms with Gasteiger partial charge in [-0.25, -0.2) is 4.98 Å². The van der Waals surface area contributed by atoms with Crippen LogP contribution in [-0.4, -0.2) is 76.9 Å². The molecule has 1 amide bonds. The van der Waals surface area contributed by atoms with Gasteiger partial charge in [0.15, 0.2) is 17.1 Å². The molecule has 5 rings (SSSR count). The molecule has 3 aromatic rings. The van der Waals surface area contributed by atoms with E-state index in [1.807, 2.05) is 6.92 Å². The van der Waals surface area contributed by atoms with Gasteiger partial charge < -0.3 is 34.1 Å². The monoisotopic (exact) mass is 426 g/mol. The third-order valence-corrected chi connectivity index (χ3v) is 5.00. The number of hydrogen-bond acceptors (Lipinski definition) is 9. The average Bonchev–Trinajstić information content (AvgIpc) is 3.29. The molecule has 0 saturated carbocycles. The predicted molar refractivity (Wildman–Crippen MR) is 110 cm³/mol. The zero-order chi connectivity index (χ0) is 21.2. The van der Waals surface area contributed by atoms with Crippen molar-refractivity contribution in [2.75, 3.05) is 51.4 Å². The number of carbonyl (C=O) groups excluding carboxylic acids is 1. The number of hydrogen-bond donors (Lipinski definition) is 2. The van der Waals surface area contributed by atoms with E-state index < -0.39 is 0 Å². The first-order valence-electron chi connectivity index (χ1n) is 10.1. The molecule has 1 aromatic carbocycles. The van der Waals surface area contributed by atoms with Gasteiger partial charge in [-0.05, 0) is 19.1 Å². The van der Waals surface area contributed by atoms with Crippen LogP contribution in [0.25, 0.3) is 11.2 Å². The Kier molecular flexibility index (Phi) is 5.16. The third kappa shape index (κ3) is 3.67. The summed E-state index contributed by atoms with van der Waals surface area (Å²) in [6.07, 6.45) is 1.54. The van der Waals surface area contributed by atoms with Crippen LogP contribution in [0.3, 0.4) is 0 Å². The van der Waals surface area contributed by atoms with Gasteiger partial charge in [-0.1, -0.05) is 0 Å². The second kappa shape index (κ2) is 8.26. The maximum Gasteiger partial charge on any atom is 0.257 e. The summed E-state index contributed by atoms with van der Waals surface area (Å²) >= 11 is 0. The van der Waals surface area contributed by atoms with Crippen molar-refractivity contribution in [2.24, 2.45) is 0 Å². The molecule has 0 unspecified atom stereocenters. The van der Waals surface area contributed by atoms with Crippen molar-refractivity contribution in [3.8, 4) is 17.4 Å². The number of morpholine rings is 1. The number of ether oxygens (including phenoxy) is 4. The first kappa shape index (κ1) is 19.4. The highest BCUT2D eigenvalue weighted by Crippen LogP contribution is 2.42. The molecule has 2 N–H and O–H groups in total. The Morgan fingerprint density at radius 1 is 1.16 bits per heavy atom. The van der Waals surface area contributed by atoms with Crippen LogP contribution in [0.1, 0.15) is 17.3 Å². The lowest BCUT2D eigenvalue weighted by atomic mass is 10.1. The lowest BCUT2D eigenvalue weighted by molar-refractivity contribution is 0.0298. The van der Waals surface area contributed by atoms with Crippen LogP contribution in [-0.2, 0) is 4.74 Å². The Labute approximate surface area is 177 Å². The van der Waals surface area contributed by atoms with Gasteiger partial charge in [0, 0.05) is 13.1 Å². The fourth-order valence-electron chi connectivity index (χ4n) is 3.56. The summed E-state index contributed by atoms with van der Waals surface area (Å²) in [6.45, 7) is 5.22. The Bertz CT molecular complexity index is 1110. The number of H-pyrrole nitrogens is 1. The lowest BCUT2D eigenvalue weighted by Crippen LogP contribution is -2.41. The molecule has 0 aliphatic carbocycles. The molecule has 1 fully saturated rings. The molecule has 2 aromatic heterocycles. The van der Waals surface area contributed by atoms with E-state index in [2.05, 4.69) is 25.3 Å². The number of imidazole rings is 1. The van der Waals surface area contributed by atoms with Gasteiger partial charge in [0.1, 0.15) is 18.7 Å². The topological polar surface area (TPSA) is 124 Å². The molecule has 0 bridgehead atoms. The summed E-state index contributed by atoms with van der Waals surface area (Å²) < 4.78 is 22.7. The smallest absolute Gasteiger partial charge is 0.257 e. The lowest BCUT2D eigenvalue weighted by Gasteiger charge is -2.29. The zero-order valence-electron chi connectivity index (χ0n) is 17.0. The largest absolute Gasteiger partial charge is 0.485 e. The normalized spacial score (nSPS) is 15.7. The highest BCUT2D eigenvalue weighted by molar-refractivity contribution is 5.99. The van der Waals surface area contributed by atoms with Crippen LogP contribution in [0.15, 0.2) is 18.5 Å². The molecular weight excluding hydrogens is 404 g/mol. The number of aromatic amines is 1. The molecule has 11 heteroatoms. The van der Waals surface area contributed by atoms with Crippen molar-refractivity contribution in [3.05, 3.63) is 24.0 Å². The van der Waals surface area contributed by atoms with Crippen molar-refractivity contribution in [3.63, 3.8) is 0 Å². The third-order valence-electron chi connectivity index (χ3n) is 5.00. The Morgan fingerprint density at radius 2 is 1.97 bits per heavy atom. The van der Waals surface area contributed by atoms with Crippen LogP contribution in [0, 0.1) is 0 Å². The number of amides is 1. The van der Waals surface area contributed by atoms with Crippen molar-refractivity contribution in [1.82, 2.24) is 24.8 Å². The first-order chi connectivity index (χ1) is 15.2. The Hall–Kier alpha value is -3.60. The predicted octanol–water partition coefficient (Wildman–Crippen LogP) is 1.74. The summed E-state index contributed by atoms with van der Waals surface area (Å²) in [4.78, 5) is 30.8. The number of carbonyl (C=O) groups is 1. The number of anilines is 2. The van der Waals surface area contributed by atoms with E-state index in [0.717, 1.165) is 0 Å². The number of aromatic nitrogens is 4. The van der Waals surface area contributed by atoms with E-state index in [4.69, 9.17) is 18.9 Å². The molecule has 4 heterocycles. The Morgan fingerprint density at radius 3 is 2.77 bits per heavy atom. The van der Waals surface area contributed by atoms with Crippen molar-refractivity contribution in [2.45, 2.75) is 6.92 Å². The maximum atomic E-state index is 13.0. The molecule has 162 valence electrons. The summed E-state index contributed by atoms with van der Waals surface area (Å²) in [5.74, 6) is 1.46. The van der Waals surface area contributed by atoms with Gasteiger partial charge in [-0.2, -0.15) is 9.97 Å². The minimum absolute atomic E-state index is 0.107. The molecule has 11 nitrogen and oxygen atoms in total. The summed E-state index contributed by atoms with van der Waals surface area (Å²) in [6, 6.07) is 3.49. The van der Waals surface area contributed by atoms with Crippen molar-refractivity contribution in [1.29, 1.82) is 0 Å². The maximum absolute atomic E-state index is 13.0. The van der Waals surface area contributed by atoms with Gasteiger partial charge in [-0.15, -0.1) is 0 Å². The van der Waals surface area contributed by atoms with E-state index >= 15 is 0 Å². The number of rotatable bonds is 5. The zero-order valence-corrected chi connectivity index (χ0v) is 17.0. The quantitative estimate of drug-likeness (QED) is 0.628. The standard InChI is InChI=1S/C20H22N6O5/c1-2-29-18-14-17(22-11-21-14)24-20(25-18)23-13-4-3-12(15-16(13)31-10-9-30-15)19(27)26-5-7-28-8-6-26/h3-4,11H,2,5-10H2,1H3,(H2,21,22,23,24,25). The van der Waals surface area contributed by atoms with Gasteiger partial charge >= 0.3 is 0 Å². The first-order valence-corrected chi connectivity index (χ1v) is 10.1. The SMILES string of the molecule is CCOc1nc(Nc2ccc(C(=O)N3CCOCC3)c3c2OCCO3)nc2nc[nH]c12. The van der Waals surface area contributed by atoms with Crippen molar-refractivity contribution >= 4 is 28.7 Å². The number of nitrogens with zero attached hydrogens (tertiary/aromatic N) is 4. The van der Waals surface area contributed by atoms with Crippen LogP contribution in [0.4, 0.5) is 11.6 Å². The second-order valence-electron chi connectivity index (χ2n) is 6.93. The average molecular weight is 426 g/mol. The molecule has 1 saturated heterocycles. The molecule has 0 atom stereocenters. The number of benzene rings is 1.